The smallest absolute Gasteiger partial charge is 0.182 e. The Morgan fingerprint density at radius 3 is 2.82 bits per heavy atom. The lowest BCUT2D eigenvalue weighted by molar-refractivity contribution is -0.117. The molecule has 0 aliphatic carbocycles. The van der Waals surface area contributed by atoms with Crippen LogP contribution in [0.3, 0.4) is 0 Å². The van der Waals surface area contributed by atoms with Crippen LogP contribution in [0.1, 0.15) is 26.7 Å². The first-order chi connectivity index (χ1) is 5.22. The maximum atomic E-state index is 11.5. The Labute approximate surface area is 66.9 Å². The molecule has 0 aromatic rings. The third-order valence-electron chi connectivity index (χ3n) is 2.90. The van der Waals surface area contributed by atoms with Gasteiger partial charge in [0.25, 0.3) is 0 Å². The molecule has 0 aromatic heterocycles. The van der Waals surface area contributed by atoms with E-state index in [4.69, 9.17) is 0 Å². The topological polar surface area (TPSA) is 20.3 Å². The van der Waals surface area contributed by atoms with E-state index in [2.05, 4.69) is 11.8 Å². The van der Waals surface area contributed by atoms with Crippen LogP contribution < -0.4 is 0 Å². The Balaban J connectivity index is 2.37. The Morgan fingerprint density at radius 1 is 1.45 bits per heavy atom. The molecule has 0 bridgehead atoms. The Morgan fingerprint density at radius 2 is 2.18 bits per heavy atom. The summed E-state index contributed by atoms with van der Waals surface area (Å²) in [6.07, 6.45) is 2.24. The van der Waals surface area contributed by atoms with Crippen molar-refractivity contribution in [1.82, 2.24) is 4.90 Å². The number of ketones is 1. The molecule has 60 valence electrons. The fourth-order valence-corrected chi connectivity index (χ4v) is 2.08. The molecular weight excluding hydrogens is 138 g/mol. The zero-order valence-corrected chi connectivity index (χ0v) is 7.05. The standard InChI is InChI=1S/C9H13NO/c1-6-7(2)10-5-3-4-8(10)9(6)11/h8H,3-5H2,1-2H3/t8-/m0/s1. The van der Waals surface area contributed by atoms with Gasteiger partial charge in [-0.05, 0) is 26.7 Å². The van der Waals surface area contributed by atoms with Crippen LogP contribution in [-0.4, -0.2) is 23.3 Å². The molecule has 0 radical (unpaired) electrons. The molecule has 2 heteroatoms. The number of carbonyl (C=O) groups excluding carboxylic acids is 1. The lowest BCUT2D eigenvalue weighted by Gasteiger charge is -2.17. The Hall–Kier alpha value is -0.790. The maximum Gasteiger partial charge on any atom is 0.182 e. The molecule has 2 aliphatic heterocycles. The van der Waals surface area contributed by atoms with Gasteiger partial charge in [0.15, 0.2) is 5.78 Å². The second-order valence-corrected chi connectivity index (χ2v) is 3.43. The van der Waals surface area contributed by atoms with Crippen LogP contribution in [0.15, 0.2) is 11.3 Å². The first-order valence-corrected chi connectivity index (χ1v) is 4.20. The number of rotatable bonds is 0. The fourth-order valence-electron chi connectivity index (χ4n) is 2.08. The van der Waals surface area contributed by atoms with Gasteiger partial charge in [-0.3, -0.25) is 4.79 Å². The quantitative estimate of drug-likeness (QED) is 0.520. The van der Waals surface area contributed by atoms with Crippen molar-refractivity contribution in [3.8, 4) is 0 Å². The van der Waals surface area contributed by atoms with E-state index in [1.165, 1.54) is 12.1 Å². The van der Waals surface area contributed by atoms with Gasteiger partial charge in [-0.25, -0.2) is 0 Å². The highest BCUT2D eigenvalue weighted by Gasteiger charge is 2.37. The van der Waals surface area contributed by atoms with Crippen LogP contribution in [0.5, 0.6) is 0 Å². The predicted octanol–water partition coefficient (Wildman–Crippen LogP) is 1.33. The van der Waals surface area contributed by atoms with Gasteiger partial charge in [-0.2, -0.15) is 0 Å². The third-order valence-corrected chi connectivity index (χ3v) is 2.90. The molecule has 0 spiro atoms. The first-order valence-electron chi connectivity index (χ1n) is 4.20. The van der Waals surface area contributed by atoms with Crippen molar-refractivity contribution in [3.63, 3.8) is 0 Å². The third kappa shape index (κ3) is 0.753. The molecule has 2 nitrogen and oxygen atoms in total. The van der Waals surface area contributed by atoms with Gasteiger partial charge in [0.1, 0.15) is 0 Å². The number of allylic oxidation sites excluding steroid dienone is 1. The molecule has 0 unspecified atom stereocenters. The first kappa shape index (κ1) is 6.89. The molecule has 11 heavy (non-hydrogen) atoms. The molecule has 1 fully saturated rings. The fraction of sp³-hybridized carbons (Fsp3) is 0.667. The molecule has 0 aromatic carbocycles. The molecular formula is C9H13NO. The van der Waals surface area contributed by atoms with Crippen molar-refractivity contribution in [1.29, 1.82) is 0 Å². The summed E-state index contributed by atoms with van der Waals surface area (Å²) in [5.41, 5.74) is 2.19. The summed E-state index contributed by atoms with van der Waals surface area (Å²) in [5.74, 6) is 0.361. The largest absolute Gasteiger partial charge is 0.364 e. The number of fused-ring (bicyclic) bond motifs is 1. The van der Waals surface area contributed by atoms with Gasteiger partial charge in [0, 0.05) is 17.8 Å². The van der Waals surface area contributed by atoms with Crippen LogP contribution in [-0.2, 0) is 4.79 Å². The normalized spacial score (nSPS) is 30.2. The summed E-state index contributed by atoms with van der Waals surface area (Å²) in [4.78, 5) is 13.7. The van der Waals surface area contributed by atoms with Gasteiger partial charge in [0.05, 0.1) is 6.04 Å². The lowest BCUT2D eigenvalue weighted by Crippen LogP contribution is -2.27. The van der Waals surface area contributed by atoms with Crippen LogP contribution in [0, 0.1) is 0 Å². The highest BCUT2D eigenvalue weighted by Crippen LogP contribution is 2.32. The van der Waals surface area contributed by atoms with Gasteiger partial charge < -0.3 is 4.90 Å². The van der Waals surface area contributed by atoms with Crippen molar-refractivity contribution >= 4 is 5.78 Å². The number of nitrogens with zero attached hydrogens (tertiary/aromatic N) is 1. The molecule has 1 saturated heterocycles. The summed E-state index contributed by atoms with van der Waals surface area (Å²) >= 11 is 0. The van der Waals surface area contributed by atoms with Gasteiger partial charge in [-0.1, -0.05) is 0 Å². The Kier molecular flexibility index (Phi) is 1.31. The van der Waals surface area contributed by atoms with Gasteiger partial charge in [0.2, 0.25) is 0 Å². The maximum absolute atomic E-state index is 11.5. The van der Waals surface area contributed by atoms with Crippen LogP contribution >= 0.6 is 0 Å². The van der Waals surface area contributed by atoms with Crippen molar-refractivity contribution in [2.45, 2.75) is 32.7 Å². The van der Waals surface area contributed by atoms with E-state index >= 15 is 0 Å². The molecule has 0 amide bonds. The van der Waals surface area contributed by atoms with E-state index in [1.807, 2.05) is 6.92 Å². The molecule has 2 heterocycles. The van der Waals surface area contributed by atoms with Gasteiger partial charge >= 0.3 is 0 Å². The van der Waals surface area contributed by atoms with Gasteiger partial charge in [-0.15, -0.1) is 0 Å². The second kappa shape index (κ2) is 2.10. The minimum Gasteiger partial charge on any atom is -0.364 e. The van der Waals surface area contributed by atoms with Crippen molar-refractivity contribution in [2.24, 2.45) is 0 Å². The lowest BCUT2D eigenvalue weighted by atomic mass is 10.1. The van der Waals surface area contributed by atoms with Crippen molar-refractivity contribution in [2.75, 3.05) is 6.54 Å². The SMILES string of the molecule is CC1=C(C)N2CCC[C@H]2C1=O. The number of hydrogen-bond acceptors (Lipinski definition) is 2. The highest BCUT2D eigenvalue weighted by atomic mass is 16.1. The van der Waals surface area contributed by atoms with E-state index in [-0.39, 0.29) is 6.04 Å². The monoisotopic (exact) mass is 151 g/mol. The summed E-state index contributed by atoms with van der Waals surface area (Å²) in [7, 11) is 0. The van der Waals surface area contributed by atoms with E-state index in [0.29, 0.717) is 5.78 Å². The van der Waals surface area contributed by atoms with Crippen molar-refractivity contribution < 1.29 is 4.79 Å². The summed E-state index contributed by atoms with van der Waals surface area (Å²) in [6, 6.07) is 0.218. The van der Waals surface area contributed by atoms with Crippen LogP contribution in [0.4, 0.5) is 0 Å². The van der Waals surface area contributed by atoms with Crippen LogP contribution in [0.2, 0.25) is 0 Å². The average Bonchev–Trinajstić information content (AvgIpc) is 2.53. The second-order valence-electron chi connectivity index (χ2n) is 3.43. The van der Waals surface area contributed by atoms with E-state index in [9.17, 15) is 4.79 Å². The predicted molar refractivity (Wildman–Crippen MR) is 43.1 cm³/mol. The number of Topliss-reactive ketones (excluding diaryl/α,β-unsaturated/α-hetero) is 1. The number of hydrogen-bond donors (Lipinski definition) is 0. The molecule has 0 N–H and O–H groups in total. The molecule has 0 saturated carbocycles. The Bertz CT molecular complexity index is 242. The average molecular weight is 151 g/mol. The van der Waals surface area contributed by atoms with E-state index < -0.39 is 0 Å². The summed E-state index contributed by atoms with van der Waals surface area (Å²) in [6.45, 7) is 5.08. The summed E-state index contributed by atoms with van der Waals surface area (Å²) in [5, 5.41) is 0. The number of carbonyl (C=O) groups is 1. The summed E-state index contributed by atoms with van der Waals surface area (Å²) < 4.78 is 0. The molecule has 2 aliphatic rings. The zero-order chi connectivity index (χ0) is 8.01. The van der Waals surface area contributed by atoms with Crippen molar-refractivity contribution in [3.05, 3.63) is 11.3 Å². The van der Waals surface area contributed by atoms with Crippen LogP contribution in [0.25, 0.3) is 0 Å². The highest BCUT2D eigenvalue weighted by molar-refractivity contribution is 6.02. The van der Waals surface area contributed by atoms with E-state index in [1.54, 1.807) is 0 Å². The minimum atomic E-state index is 0.218. The minimum absolute atomic E-state index is 0.218. The molecule has 2 rings (SSSR count). The molecule has 1 atom stereocenters. The van der Waals surface area contributed by atoms with E-state index in [0.717, 1.165) is 18.5 Å². The zero-order valence-electron chi connectivity index (χ0n) is 7.05.